The molecule has 3 nitrogen and oxygen atoms in total. The van der Waals surface area contributed by atoms with E-state index in [0.29, 0.717) is 16.6 Å². The normalized spacial score (nSPS) is 18.6. The number of nitrogens with one attached hydrogen (secondary N) is 1. The summed E-state index contributed by atoms with van der Waals surface area (Å²) in [5.41, 5.74) is 1.52. The molecule has 1 atom stereocenters. The Balaban J connectivity index is 1.77. The first kappa shape index (κ1) is 19.7. The van der Waals surface area contributed by atoms with Crippen LogP contribution in [0.4, 0.5) is 0 Å². The second kappa shape index (κ2) is 8.73. The second-order valence-electron chi connectivity index (χ2n) is 7.25. The lowest BCUT2D eigenvalue weighted by atomic mass is 9.75. The smallest absolute Gasteiger partial charge is 0.0752 e. The van der Waals surface area contributed by atoms with Crippen molar-refractivity contribution in [1.29, 1.82) is 0 Å². The maximum absolute atomic E-state index is 11.4. The summed E-state index contributed by atoms with van der Waals surface area (Å²) in [6, 6.07) is 16.0. The predicted molar refractivity (Wildman–Crippen MR) is 109 cm³/mol. The number of rotatable bonds is 6. The minimum absolute atomic E-state index is 0.0327. The minimum atomic E-state index is -0.743. The zero-order chi connectivity index (χ0) is 18.6. The van der Waals surface area contributed by atoms with Gasteiger partial charge < -0.3 is 15.3 Å². The molecule has 0 bridgehead atoms. The Morgan fingerprint density at radius 2 is 1.77 bits per heavy atom. The Morgan fingerprint density at radius 3 is 2.42 bits per heavy atom. The number of hydrogen-bond acceptors (Lipinski definition) is 3. The maximum Gasteiger partial charge on any atom is 0.0752 e. The fourth-order valence-electron chi connectivity index (χ4n) is 3.66. The molecule has 1 aliphatic rings. The monoisotopic (exact) mass is 392 g/mol. The molecule has 1 heterocycles. The van der Waals surface area contributed by atoms with Gasteiger partial charge >= 0.3 is 0 Å². The van der Waals surface area contributed by atoms with E-state index in [1.54, 1.807) is 0 Å². The quantitative estimate of drug-likeness (QED) is 0.767. The molecule has 0 amide bonds. The molecule has 2 aromatic carbocycles. The third-order valence-electron chi connectivity index (χ3n) is 5.37. The summed E-state index contributed by atoms with van der Waals surface area (Å²) < 4.78 is 0. The molecule has 0 aliphatic carbocycles. The van der Waals surface area contributed by atoms with Gasteiger partial charge in [0.1, 0.15) is 0 Å². The highest BCUT2D eigenvalue weighted by Gasteiger charge is 2.39. The summed E-state index contributed by atoms with van der Waals surface area (Å²) in [7, 11) is 2.10. The third kappa shape index (κ3) is 4.79. The van der Waals surface area contributed by atoms with Crippen LogP contribution in [0.2, 0.25) is 10.0 Å². The fraction of sp³-hybridized carbons (Fsp3) is 0.429. The molecule has 5 heteroatoms. The van der Waals surface area contributed by atoms with Crippen molar-refractivity contribution >= 4 is 23.2 Å². The lowest BCUT2D eigenvalue weighted by Gasteiger charge is -2.42. The molecule has 2 N–H and O–H groups in total. The Kier molecular flexibility index (Phi) is 6.60. The average Bonchev–Trinajstić information content (AvgIpc) is 2.65. The van der Waals surface area contributed by atoms with Crippen molar-refractivity contribution < 1.29 is 5.11 Å². The topological polar surface area (TPSA) is 35.5 Å². The summed E-state index contributed by atoms with van der Waals surface area (Å²) in [5, 5.41) is 16.0. The van der Waals surface area contributed by atoms with Crippen LogP contribution >= 0.6 is 23.2 Å². The molecule has 1 saturated heterocycles. The molecule has 0 aromatic heterocycles. The second-order valence-corrected chi connectivity index (χ2v) is 8.06. The molecule has 26 heavy (non-hydrogen) atoms. The van der Waals surface area contributed by atoms with Crippen molar-refractivity contribution in [3.8, 4) is 0 Å². The Labute approximate surface area is 165 Å². The van der Waals surface area contributed by atoms with Crippen LogP contribution in [0.15, 0.2) is 48.5 Å². The van der Waals surface area contributed by atoms with Gasteiger partial charge in [0.25, 0.3) is 0 Å². The van der Waals surface area contributed by atoms with E-state index < -0.39 is 5.60 Å². The van der Waals surface area contributed by atoms with Gasteiger partial charge in [-0.2, -0.15) is 0 Å². The maximum atomic E-state index is 11.4. The van der Waals surface area contributed by atoms with Crippen LogP contribution in [0.5, 0.6) is 0 Å². The van der Waals surface area contributed by atoms with Gasteiger partial charge in [0.15, 0.2) is 0 Å². The highest BCUT2D eigenvalue weighted by Crippen LogP contribution is 2.38. The van der Waals surface area contributed by atoms with Crippen molar-refractivity contribution in [1.82, 2.24) is 10.2 Å². The van der Waals surface area contributed by atoms with Crippen molar-refractivity contribution in [3.63, 3.8) is 0 Å². The molecular weight excluding hydrogens is 367 g/mol. The zero-order valence-electron chi connectivity index (χ0n) is 15.1. The standard InChI is InChI=1S/C21H26Cl2N2O/c1-25-11-9-21(26,10-12-25)18(17-7-8-19(22)20(23)13-17)15-24-14-16-5-3-2-4-6-16/h2-8,13,18,24,26H,9-12,14-15H2,1H3. The van der Waals surface area contributed by atoms with Crippen molar-refractivity contribution in [3.05, 3.63) is 69.7 Å². The average molecular weight is 393 g/mol. The van der Waals surface area contributed by atoms with Crippen molar-refractivity contribution in [2.45, 2.75) is 30.9 Å². The first-order valence-corrected chi connectivity index (χ1v) is 9.84. The Morgan fingerprint density at radius 1 is 1.08 bits per heavy atom. The molecule has 3 rings (SSSR count). The van der Waals surface area contributed by atoms with Crippen LogP contribution in [0.1, 0.15) is 29.9 Å². The van der Waals surface area contributed by atoms with E-state index in [2.05, 4.69) is 29.4 Å². The number of aliphatic hydroxyl groups is 1. The number of benzene rings is 2. The number of likely N-dealkylation sites (tertiary alicyclic amines) is 1. The van der Waals surface area contributed by atoms with Gasteiger partial charge in [-0.1, -0.05) is 59.6 Å². The summed E-state index contributed by atoms with van der Waals surface area (Å²) >= 11 is 12.3. The van der Waals surface area contributed by atoms with Gasteiger partial charge in [-0.3, -0.25) is 0 Å². The molecule has 0 radical (unpaired) electrons. The van der Waals surface area contributed by atoms with Crippen molar-refractivity contribution in [2.75, 3.05) is 26.7 Å². The van der Waals surface area contributed by atoms with Gasteiger partial charge in [-0.15, -0.1) is 0 Å². The van der Waals surface area contributed by atoms with E-state index in [1.165, 1.54) is 5.56 Å². The summed E-state index contributed by atoms with van der Waals surface area (Å²) in [4.78, 5) is 2.26. The lowest BCUT2D eigenvalue weighted by Crippen LogP contribution is -2.49. The van der Waals surface area contributed by atoms with Gasteiger partial charge in [-0.25, -0.2) is 0 Å². The van der Waals surface area contributed by atoms with E-state index in [4.69, 9.17) is 23.2 Å². The van der Waals surface area contributed by atoms with Gasteiger partial charge in [0, 0.05) is 32.1 Å². The molecule has 1 fully saturated rings. The van der Waals surface area contributed by atoms with Gasteiger partial charge in [0.05, 0.1) is 15.6 Å². The molecule has 1 unspecified atom stereocenters. The first-order valence-electron chi connectivity index (χ1n) is 9.08. The van der Waals surface area contributed by atoms with Crippen LogP contribution in [-0.4, -0.2) is 42.3 Å². The van der Waals surface area contributed by atoms with Crippen molar-refractivity contribution in [2.24, 2.45) is 0 Å². The molecule has 1 aliphatic heterocycles. The SMILES string of the molecule is CN1CCC(O)(C(CNCc2ccccc2)c2ccc(Cl)c(Cl)c2)CC1. The molecule has 2 aromatic rings. The van der Waals surface area contributed by atoms with E-state index in [-0.39, 0.29) is 5.92 Å². The van der Waals surface area contributed by atoms with Crippen LogP contribution in [0, 0.1) is 0 Å². The van der Waals surface area contributed by atoms with E-state index >= 15 is 0 Å². The fourth-order valence-corrected chi connectivity index (χ4v) is 3.96. The highest BCUT2D eigenvalue weighted by atomic mass is 35.5. The zero-order valence-corrected chi connectivity index (χ0v) is 16.6. The number of halogens is 2. The Bertz CT molecular complexity index is 715. The van der Waals surface area contributed by atoms with Gasteiger partial charge in [-0.05, 0) is 43.1 Å². The van der Waals surface area contributed by atoms with Crippen LogP contribution in [-0.2, 0) is 6.54 Å². The largest absolute Gasteiger partial charge is 0.389 e. The van der Waals surface area contributed by atoms with Crippen LogP contribution in [0.3, 0.4) is 0 Å². The summed E-state index contributed by atoms with van der Waals surface area (Å²) in [6.45, 7) is 3.25. The summed E-state index contributed by atoms with van der Waals surface area (Å²) in [5.74, 6) is -0.0327. The lowest BCUT2D eigenvalue weighted by molar-refractivity contribution is -0.0381. The summed E-state index contributed by atoms with van der Waals surface area (Å²) in [6.07, 6.45) is 1.50. The first-order chi connectivity index (χ1) is 12.5. The van der Waals surface area contributed by atoms with Crippen LogP contribution in [0.25, 0.3) is 0 Å². The van der Waals surface area contributed by atoms with Gasteiger partial charge in [0.2, 0.25) is 0 Å². The molecule has 0 saturated carbocycles. The Hall–Kier alpha value is -1.10. The number of nitrogens with zero attached hydrogens (tertiary/aromatic N) is 1. The van der Waals surface area contributed by atoms with Crippen LogP contribution < -0.4 is 5.32 Å². The molecular formula is C21H26Cl2N2O. The number of piperidine rings is 1. The minimum Gasteiger partial charge on any atom is -0.389 e. The molecule has 140 valence electrons. The molecule has 0 spiro atoms. The highest BCUT2D eigenvalue weighted by molar-refractivity contribution is 6.42. The van der Waals surface area contributed by atoms with E-state index in [1.807, 2.05) is 36.4 Å². The van der Waals surface area contributed by atoms with E-state index in [0.717, 1.165) is 38.0 Å². The van der Waals surface area contributed by atoms with E-state index in [9.17, 15) is 5.11 Å². The predicted octanol–water partition coefficient (Wildman–Crippen LogP) is 4.32. The third-order valence-corrected chi connectivity index (χ3v) is 6.11. The number of hydrogen-bond donors (Lipinski definition) is 2.